The Kier molecular flexibility index (Phi) is 4.85. The van der Waals surface area contributed by atoms with Gasteiger partial charge in [-0.15, -0.1) is 0 Å². The summed E-state index contributed by atoms with van der Waals surface area (Å²) in [7, 11) is 0. The fourth-order valence-electron chi connectivity index (χ4n) is 1.94. The van der Waals surface area contributed by atoms with Gasteiger partial charge in [-0.1, -0.05) is 6.92 Å². The zero-order valence-corrected chi connectivity index (χ0v) is 9.24. The second-order valence-electron chi connectivity index (χ2n) is 4.62. The molecule has 84 valence electrons. The molecule has 1 rings (SSSR count). The van der Waals surface area contributed by atoms with Gasteiger partial charge in [0.2, 0.25) is 0 Å². The van der Waals surface area contributed by atoms with Gasteiger partial charge in [0.05, 0.1) is 6.10 Å². The number of nitrogens with one attached hydrogen (secondary N) is 1. The van der Waals surface area contributed by atoms with Gasteiger partial charge in [0.15, 0.2) is 0 Å². The number of aliphatic hydroxyl groups excluding tert-OH is 2. The van der Waals surface area contributed by atoms with E-state index in [0.29, 0.717) is 18.0 Å². The Balaban J connectivity index is 2.23. The average molecular weight is 201 g/mol. The zero-order valence-electron chi connectivity index (χ0n) is 9.24. The van der Waals surface area contributed by atoms with E-state index < -0.39 is 0 Å². The van der Waals surface area contributed by atoms with Crippen molar-refractivity contribution in [2.24, 2.45) is 5.92 Å². The second-order valence-corrected chi connectivity index (χ2v) is 4.62. The molecule has 0 spiro atoms. The van der Waals surface area contributed by atoms with E-state index in [0.717, 1.165) is 25.7 Å². The highest BCUT2D eigenvalue weighted by Crippen LogP contribution is 2.19. The van der Waals surface area contributed by atoms with Crippen molar-refractivity contribution in [1.29, 1.82) is 0 Å². The Morgan fingerprint density at radius 1 is 1.21 bits per heavy atom. The lowest BCUT2D eigenvalue weighted by atomic mass is 9.91. The second kappa shape index (κ2) is 5.69. The topological polar surface area (TPSA) is 52.5 Å². The summed E-state index contributed by atoms with van der Waals surface area (Å²) in [6, 6.07) is 0.891. The van der Waals surface area contributed by atoms with Crippen LogP contribution in [0.5, 0.6) is 0 Å². The van der Waals surface area contributed by atoms with Gasteiger partial charge in [0.25, 0.3) is 0 Å². The van der Waals surface area contributed by atoms with Crippen LogP contribution in [-0.2, 0) is 0 Å². The standard InChI is InChI=1S/C11H23NO2/c1-8(7-13)9(2)12-10-3-5-11(14)6-4-10/h8-14H,3-7H2,1-2H3. The number of aliphatic hydroxyl groups is 2. The van der Waals surface area contributed by atoms with Gasteiger partial charge < -0.3 is 15.5 Å². The van der Waals surface area contributed by atoms with E-state index in [2.05, 4.69) is 19.2 Å². The van der Waals surface area contributed by atoms with E-state index >= 15 is 0 Å². The Labute approximate surface area is 86.5 Å². The van der Waals surface area contributed by atoms with Crippen LogP contribution in [0.4, 0.5) is 0 Å². The predicted octanol–water partition coefficient (Wildman–Crippen LogP) is 0.896. The SMILES string of the molecule is CC(CO)C(C)NC1CCC(O)CC1. The largest absolute Gasteiger partial charge is 0.396 e. The van der Waals surface area contributed by atoms with Gasteiger partial charge in [0, 0.05) is 18.7 Å². The van der Waals surface area contributed by atoms with Crippen molar-refractivity contribution in [2.45, 2.75) is 57.7 Å². The number of hydrogen-bond acceptors (Lipinski definition) is 3. The minimum Gasteiger partial charge on any atom is -0.396 e. The van der Waals surface area contributed by atoms with Crippen molar-refractivity contribution >= 4 is 0 Å². The first kappa shape index (κ1) is 12.0. The van der Waals surface area contributed by atoms with Gasteiger partial charge in [-0.3, -0.25) is 0 Å². The van der Waals surface area contributed by atoms with E-state index in [1.54, 1.807) is 0 Å². The van der Waals surface area contributed by atoms with E-state index in [4.69, 9.17) is 5.11 Å². The molecule has 2 atom stereocenters. The van der Waals surface area contributed by atoms with Crippen LogP contribution in [0.1, 0.15) is 39.5 Å². The van der Waals surface area contributed by atoms with E-state index in [9.17, 15) is 5.11 Å². The summed E-state index contributed by atoms with van der Waals surface area (Å²) in [5.74, 6) is 0.307. The molecule has 3 heteroatoms. The molecule has 3 N–H and O–H groups in total. The molecule has 1 aliphatic carbocycles. The Morgan fingerprint density at radius 2 is 1.79 bits per heavy atom. The summed E-state index contributed by atoms with van der Waals surface area (Å²) in [6.45, 7) is 4.41. The molecule has 0 aromatic carbocycles. The third kappa shape index (κ3) is 3.56. The maximum Gasteiger partial charge on any atom is 0.0541 e. The molecule has 0 bridgehead atoms. The van der Waals surface area contributed by atoms with Crippen molar-refractivity contribution in [3.05, 3.63) is 0 Å². The highest BCUT2D eigenvalue weighted by molar-refractivity contribution is 4.80. The molecule has 1 fully saturated rings. The predicted molar refractivity (Wildman–Crippen MR) is 57.1 cm³/mol. The maximum absolute atomic E-state index is 9.35. The van der Waals surface area contributed by atoms with Crippen molar-refractivity contribution in [3.8, 4) is 0 Å². The highest BCUT2D eigenvalue weighted by Gasteiger charge is 2.21. The summed E-state index contributed by atoms with van der Waals surface area (Å²) < 4.78 is 0. The summed E-state index contributed by atoms with van der Waals surface area (Å²) in [5.41, 5.74) is 0. The van der Waals surface area contributed by atoms with Crippen LogP contribution in [0.3, 0.4) is 0 Å². The minimum absolute atomic E-state index is 0.0846. The molecular formula is C11H23NO2. The van der Waals surface area contributed by atoms with Crippen LogP contribution in [-0.4, -0.2) is 35.0 Å². The lowest BCUT2D eigenvalue weighted by Crippen LogP contribution is -2.43. The van der Waals surface area contributed by atoms with Crippen molar-refractivity contribution in [1.82, 2.24) is 5.32 Å². The molecule has 0 aromatic heterocycles. The van der Waals surface area contributed by atoms with Crippen LogP contribution in [0.25, 0.3) is 0 Å². The van der Waals surface area contributed by atoms with Gasteiger partial charge in [-0.05, 0) is 38.5 Å². The maximum atomic E-state index is 9.35. The van der Waals surface area contributed by atoms with Crippen molar-refractivity contribution in [2.75, 3.05) is 6.61 Å². The molecular weight excluding hydrogens is 178 g/mol. The Morgan fingerprint density at radius 3 is 2.29 bits per heavy atom. The van der Waals surface area contributed by atoms with Crippen LogP contribution < -0.4 is 5.32 Å². The smallest absolute Gasteiger partial charge is 0.0541 e. The summed E-state index contributed by atoms with van der Waals surface area (Å²) in [5, 5.41) is 21.9. The molecule has 0 amide bonds. The number of hydrogen-bond donors (Lipinski definition) is 3. The van der Waals surface area contributed by atoms with Gasteiger partial charge in [-0.25, -0.2) is 0 Å². The molecule has 1 saturated carbocycles. The van der Waals surface area contributed by atoms with Crippen LogP contribution >= 0.6 is 0 Å². The first-order chi connectivity index (χ1) is 6.63. The summed E-state index contributed by atoms with van der Waals surface area (Å²) >= 11 is 0. The molecule has 14 heavy (non-hydrogen) atoms. The summed E-state index contributed by atoms with van der Waals surface area (Å²) in [4.78, 5) is 0. The van der Waals surface area contributed by atoms with E-state index in [1.165, 1.54) is 0 Å². The first-order valence-electron chi connectivity index (χ1n) is 5.68. The van der Waals surface area contributed by atoms with E-state index in [-0.39, 0.29) is 12.7 Å². The van der Waals surface area contributed by atoms with Crippen molar-refractivity contribution in [3.63, 3.8) is 0 Å². The highest BCUT2D eigenvalue weighted by atomic mass is 16.3. The lowest BCUT2D eigenvalue weighted by Gasteiger charge is -2.30. The third-order valence-electron chi connectivity index (χ3n) is 3.34. The molecule has 0 saturated heterocycles. The Bertz CT molecular complexity index is 155. The quantitative estimate of drug-likeness (QED) is 0.633. The molecule has 0 heterocycles. The molecule has 0 aromatic rings. The lowest BCUT2D eigenvalue weighted by molar-refractivity contribution is 0.109. The van der Waals surface area contributed by atoms with Crippen LogP contribution in [0, 0.1) is 5.92 Å². The Hall–Kier alpha value is -0.120. The van der Waals surface area contributed by atoms with Gasteiger partial charge >= 0.3 is 0 Å². The monoisotopic (exact) mass is 201 g/mol. The van der Waals surface area contributed by atoms with Gasteiger partial charge in [-0.2, -0.15) is 0 Å². The third-order valence-corrected chi connectivity index (χ3v) is 3.34. The summed E-state index contributed by atoms with van der Waals surface area (Å²) in [6.07, 6.45) is 3.86. The molecule has 3 nitrogen and oxygen atoms in total. The van der Waals surface area contributed by atoms with Crippen LogP contribution in [0.2, 0.25) is 0 Å². The first-order valence-corrected chi connectivity index (χ1v) is 5.68. The zero-order chi connectivity index (χ0) is 10.6. The van der Waals surface area contributed by atoms with Crippen molar-refractivity contribution < 1.29 is 10.2 Å². The minimum atomic E-state index is -0.0846. The van der Waals surface area contributed by atoms with E-state index in [1.807, 2.05) is 0 Å². The average Bonchev–Trinajstić information content (AvgIpc) is 2.20. The number of rotatable bonds is 4. The van der Waals surface area contributed by atoms with Crippen LogP contribution in [0.15, 0.2) is 0 Å². The molecule has 0 radical (unpaired) electrons. The fraction of sp³-hybridized carbons (Fsp3) is 1.00. The molecule has 0 aliphatic heterocycles. The fourth-order valence-corrected chi connectivity index (χ4v) is 1.94. The van der Waals surface area contributed by atoms with Gasteiger partial charge in [0.1, 0.15) is 0 Å². The molecule has 1 aliphatic rings. The normalized spacial score (nSPS) is 32.6. The molecule has 2 unspecified atom stereocenters.